The van der Waals surface area contributed by atoms with Crippen molar-refractivity contribution in [2.45, 2.75) is 26.4 Å². The summed E-state index contributed by atoms with van der Waals surface area (Å²) in [6, 6.07) is 8.22. The minimum Gasteiger partial charge on any atom is -0.387 e. The molecule has 0 aliphatic heterocycles. The first-order valence-electron chi connectivity index (χ1n) is 5.84. The Morgan fingerprint density at radius 1 is 1.29 bits per heavy atom. The maximum absolute atomic E-state index is 10.1. The molecule has 0 aliphatic rings. The molecule has 0 radical (unpaired) electrons. The maximum atomic E-state index is 10.1. The van der Waals surface area contributed by atoms with Gasteiger partial charge in [0.05, 0.1) is 12.2 Å². The highest BCUT2D eigenvalue weighted by atomic mass is 16.3. The quantitative estimate of drug-likeness (QED) is 0.846. The van der Waals surface area contributed by atoms with Crippen LogP contribution in [0.15, 0.2) is 18.2 Å². The van der Waals surface area contributed by atoms with Gasteiger partial charge in [-0.2, -0.15) is 5.26 Å². The predicted molar refractivity (Wildman–Crippen MR) is 68.6 cm³/mol. The van der Waals surface area contributed by atoms with Crippen molar-refractivity contribution < 1.29 is 5.11 Å². The molecular weight excluding hydrogens is 212 g/mol. The summed E-state index contributed by atoms with van der Waals surface area (Å²) in [4.78, 5) is 1.98. The van der Waals surface area contributed by atoms with E-state index in [1.54, 1.807) is 0 Å². The van der Waals surface area contributed by atoms with Crippen molar-refractivity contribution in [2.24, 2.45) is 0 Å². The van der Waals surface area contributed by atoms with E-state index in [0.717, 1.165) is 5.56 Å². The van der Waals surface area contributed by atoms with Crippen LogP contribution in [0.3, 0.4) is 0 Å². The lowest BCUT2D eigenvalue weighted by Gasteiger charge is -2.20. The van der Waals surface area contributed by atoms with Gasteiger partial charge in [0.2, 0.25) is 0 Å². The molecular formula is C14H20N2O. The Hall–Kier alpha value is -1.37. The highest BCUT2D eigenvalue weighted by Crippen LogP contribution is 2.17. The second-order valence-electron chi connectivity index (χ2n) is 4.61. The summed E-state index contributed by atoms with van der Waals surface area (Å²) < 4.78 is 0. The third-order valence-corrected chi connectivity index (χ3v) is 2.72. The number of benzene rings is 1. The highest BCUT2D eigenvalue weighted by molar-refractivity contribution is 5.30. The van der Waals surface area contributed by atoms with E-state index in [-0.39, 0.29) is 0 Å². The van der Waals surface area contributed by atoms with Gasteiger partial charge in [-0.1, -0.05) is 29.3 Å². The SMILES string of the molecule is Cc1cc(C)cc(C(O)CN(C)CCC#N)c1. The van der Waals surface area contributed by atoms with Crippen LogP contribution in [0, 0.1) is 25.2 Å². The molecule has 3 nitrogen and oxygen atoms in total. The van der Waals surface area contributed by atoms with Crippen LogP contribution >= 0.6 is 0 Å². The zero-order chi connectivity index (χ0) is 12.8. The maximum Gasteiger partial charge on any atom is 0.0916 e. The smallest absolute Gasteiger partial charge is 0.0916 e. The van der Waals surface area contributed by atoms with Gasteiger partial charge in [0, 0.05) is 19.5 Å². The molecule has 0 saturated carbocycles. The molecule has 0 aliphatic carbocycles. The van der Waals surface area contributed by atoms with Crippen molar-refractivity contribution in [2.75, 3.05) is 20.1 Å². The molecule has 1 aromatic rings. The summed E-state index contributed by atoms with van der Waals surface area (Å²) in [7, 11) is 1.92. The lowest BCUT2D eigenvalue weighted by atomic mass is 10.0. The predicted octanol–water partition coefficient (Wildman–Crippen LogP) is 2.18. The van der Waals surface area contributed by atoms with Gasteiger partial charge in [0.15, 0.2) is 0 Å². The van der Waals surface area contributed by atoms with E-state index in [0.29, 0.717) is 19.5 Å². The van der Waals surface area contributed by atoms with Crippen LogP contribution in [0.2, 0.25) is 0 Å². The number of likely N-dealkylation sites (N-methyl/N-ethyl adjacent to an activating group) is 1. The molecule has 0 fully saturated rings. The number of hydrogen-bond donors (Lipinski definition) is 1. The Morgan fingerprint density at radius 2 is 1.88 bits per heavy atom. The fraction of sp³-hybridized carbons (Fsp3) is 0.500. The summed E-state index contributed by atoms with van der Waals surface area (Å²) >= 11 is 0. The zero-order valence-electron chi connectivity index (χ0n) is 10.8. The molecule has 0 saturated heterocycles. The molecule has 0 spiro atoms. The largest absolute Gasteiger partial charge is 0.387 e. The van der Waals surface area contributed by atoms with Gasteiger partial charge in [-0.15, -0.1) is 0 Å². The summed E-state index contributed by atoms with van der Waals surface area (Å²) in [5.41, 5.74) is 3.28. The first kappa shape index (κ1) is 13.7. The Labute approximate surface area is 103 Å². The second-order valence-corrected chi connectivity index (χ2v) is 4.61. The molecule has 1 N–H and O–H groups in total. The van der Waals surface area contributed by atoms with Gasteiger partial charge in [0.25, 0.3) is 0 Å². The van der Waals surface area contributed by atoms with Crippen LogP contribution in [0.5, 0.6) is 0 Å². The molecule has 0 amide bonds. The summed E-state index contributed by atoms with van der Waals surface area (Å²) in [6.45, 7) is 5.31. The molecule has 0 aromatic heterocycles. The molecule has 1 unspecified atom stereocenters. The molecule has 3 heteroatoms. The highest BCUT2D eigenvalue weighted by Gasteiger charge is 2.11. The minimum absolute atomic E-state index is 0.489. The molecule has 0 heterocycles. The fourth-order valence-electron chi connectivity index (χ4n) is 1.94. The van der Waals surface area contributed by atoms with E-state index in [1.165, 1.54) is 11.1 Å². The van der Waals surface area contributed by atoms with Crippen LogP contribution in [-0.4, -0.2) is 30.1 Å². The number of nitrogens with zero attached hydrogens (tertiary/aromatic N) is 2. The van der Waals surface area contributed by atoms with E-state index in [2.05, 4.69) is 12.1 Å². The Morgan fingerprint density at radius 3 is 2.41 bits per heavy atom. The van der Waals surface area contributed by atoms with Gasteiger partial charge in [0.1, 0.15) is 0 Å². The Kier molecular flexibility index (Phi) is 5.14. The topological polar surface area (TPSA) is 47.3 Å². The number of nitriles is 1. The number of hydrogen-bond acceptors (Lipinski definition) is 3. The molecule has 1 rings (SSSR count). The van der Waals surface area contributed by atoms with E-state index in [4.69, 9.17) is 5.26 Å². The van der Waals surface area contributed by atoms with E-state index in [1.807, 2.05) is 37.9 Å². The molecule has 92 valence electrons. The molecule has 17 heavy (non-hydrogen) atoms. The lowest BCUT2D eigenvalue weighted by Crippen LogP contribution is -2.25. The van der Waals surface area contributed by atoms with Crippen LogP contribution in [0.4, 0.5) is 0 Å². The summed E-state index contributed by atoms with van der Waals surface area (Å²) in [5, 5.41) is 18.6. The fourth-order valence-corrected chi connectivity index (χ4v) is 1.94. The van der Waals surface area contributed by atoms with Gasteiger partial charge in [-0.25, -0.2) is 0 Å². The second kappa shape index (κ2) is 6.39. The molecule has 1 atom stereocenters. The third-order valence-electron chi connectivity index (χ3n) is 2.72. The van der Waals surface area contributed by atoms with Crippen molar-refractivity contribution in [1.29, 1.82) is 5.26 Å². The zero-order valence-corrected chi connectivity index (χ0v) is 10.8. The third kappa shape index (κ3) is 4.56. The minimum atomic E-state index is -0.489. The molecule has 0 bridgehead atoms. The van der Waals surface area contributed by atoms with E-state index < -0.39 is 6.10 Å². The number of rotatable bonds is 5. The van der Waals surface area contributed by atoms with Gasteiger partial charge < -0.3 is 10.0 Å². The van der Waals surface area contributed by atoms with Crippen LogP contribution in [0.1, 0.15) is 29.2 Å². The standard InChI is InChI=1S/C14H20N2O/c1-11-7-12(2)9-13(8-11)14(17)10-16(3)6-4-5-15/h7-9,14,17H,4,6,10H2,1-3H3. The van der Waals surface area contributed by atoms with Gasteiger partial charge in [-0.3, -0.25) is 0 Å². The van der Waals surface area contributed by atoms with Crippen molar-refractivity contribution in [3.8, 4) is 6.07 Å². The van der Waals surface area contributed by atoms with Crippen molar-refractivity contribution in [3.05, 3.63) is 34.9 Å². The van der Waals surface area contributed by atoms with E-state index >= 15 is 0 Å². The normalized spacial score (nSPS) is 12.5. The number of aliphatic hydroxyl groups excluding tert-OH is 1. The number of aryl methyl sites for hydroxylation is 2. The average molecular weight is 232 g/mol. The van der Waals surface area contributed by atoms with Crippen LogP contribution in [-0.2, 0) is 0 Å². The van der Waals surface area contributed by atoms with Gasteiger partial charge in [-0.05, 0) is 26.5 Å². The Balaban J connectivity index is 2.63. The first-order valence-corrected chi connectivity index (χ1v) is 5.84. The Bertz CT molecular complexity index is 389. The van der Waals surface area contributed by atoms with Crippen molar-refractivity contribution >= 4 is 0 Å². The van der Waals surface area contributed by atoms with Crippen molar-refractivity contribution in [3.63, 3.8) is 0 Å². The summed E-state index contributed by atoms with van der Waals surface area (Å²) in [6.07, 6.45) is 0.00748. The van der Waals surface area contributed by atoms with Crippen LogP contribution in [0.25, 0.3) is 0 Å². The monoisotopic (exact) mass is 232 g/mol. The average Bonchev–Trinajstić information content (AvgIpc) is 2.25. The molecule has 1 aromatic carbocycles. The van der Waals surface area contributed by atoms with E-state index in [9.17, 15) is 5.11 Å². The van der Waals surface area contributed by atoms with Crippen molar-refractivity contribution in [1.82, 2.24) is 4.90 Å². The lowest BCUT2D eigenvalue weighted by molar-refractivity contribution is 0.128. The van der Waals surface area contributed by atoms with Crippen LogP contribution < -0.4 is 0 Å². The van der Waals surface area contributed by atoms with Gasteiger partial charge >= 0.3 is 0 Å². The summed E-state index contributed by atoms with van der Waals surface area (Å²) in [5.74, 6) is 0. The number of aliphatic hydroxyl groups is 1. The first-order chi connectivity index (χ1) is 8.02.